The van der Waals surface area contributed by atoms with Crippen LogP contribution in [0.1, 0.15) is 12.0 Å². The Bertz CT molecular complexity index is 830. The van der Waals surface area contributed by atoms with Gasteiger partial charge in [-0.3, -0.25) is 9.59 Å². The summed E-state index contributed by atoms with van der Waals surface area (Å²) in [6.07, 6.45) is 4.14. The lowest BCUT2D eigenvalue weighted by Gasteiger charge is -2.19. The van der Waals surface area contributed by atoms with Crippen LogP contribution in [-0.4, -0.2) is 11.8 Å². The van der Waals surface area contributed by atoms with Gasteiger partial charge < -0.3 is 0 Å². The van der Waals surface area contributed by atoms with Crippen molar-refractivity contribution in [3.63, 3.8) is 0 Å². The van der Waals surface area contributed by atoms with Gasteiger partial charge in [0.05, 0.1) is 11.8 Å². The molecule has 122 valence electrons. The van der Waals surface area contributed by atoms with Crippen LogP contribution in [0.3, 0.4) is 0 Å². The Kier molecular flexibility index (Phi) is 2.89. The van der Waals surface area contributed by atoms with Crippen LogP contribution in [0.25, 0.3) is 0 Å². The van der Waals surface area contributed by atoms with E-state index < -0.39 is 58.2 Å². The Labute approximate surface area is 133 Å². The molecule has 1 saturated heterocycles. The SMILES string of the molecule is N#Cc1c(F)c(F)c(N2C(=O)C3C4C=CC(C4)C3C2=O)c(F)c1F. The third kappa shape index (κ3) is 1.57. The molecular weight excluding hydrogens is 328 g/mol. The molecule has 1 aromatic rings. The minimum atomic E-state index is -1.93. The van der Waals surface area contributed by atoms with Gasteiger partial charge in [-0.15, -0.1) is 0 Å². The number of anilines is 1. The summed E-state index contributed by atoms with van der Waals surface area (Å²) >= 11 is 0. The van der Waals surface area contributed by atoms with E-state index in [2.05, 4.69) is 0 Å². The Balaban J connectivity index is 1.89. The lowest BCUT2D eigenvalue weighted by molar-refractivity contribution is -0.123. The highest BCUT2D eigenvalue weighted by Gasteiger charge is 2.60. The number of nitriles is 1. The van der Waals surface area contributed by atoms with Gasteiger partial charge in [-0.2, -0.15) is 5.26 Å². The average molecular weight is 336 g/mol. The van der Waals surface area contributed by atoms with Gasteiger partial charge in [0.2, 0.25) is 11.8 Å². The number of halogens is 4. The first-order valence-electron chi connectivity index (χ1n) is 7.20. The molecule has 2 amide bonds. The third-order valence-electron chi connectivity index (χ3n) is 5.05. The zero-order valence-electron chi connectivity index (χ0n) is 11.9. The number of amides is 2. The van der Waals surface area contributed by atoms with Crippen molar-refractivity contribution in [1.82, 2.24) is 0 Å². The quantitative estimate of drug-likeness (QED) is 0.342. The van der Waals surface area contributed by atoms with Crippen LogP contribution < -0.4 is 4.90 Å². The van der Waals surface area contributed by atoms with Crippen LogP contribution in [0.15, 0.2) is 12.2 Å². The summed E-state index contributed by atoms with van der Waals surface area (Å²) in [5, 5.41) is 8.60. The Morgan fingerprint density at radius 2 is 1.38 bits per heavy atom. The summed E-state index contributed by atoms with van der Waals surface area (Å²) in [6.45, 7) is 0. The van der Waals surface area contributed by atoms with Crippen LogP contribution in [0, 0.1) is 58.3 Å². The van der Waals surface area contributed by atoms with Crippen molar-refractivity contribution in [2.45, 2.75) is 6.42 Å². The predicted octanol–water partition coefficient (Wildman–Crippen LogP) is 2.43. The minimum absolute atomic E-state index is 0.194. The van der Waals surface area contributed by atoms with Crippen molar-refractivity contribution in [1.29, 1.82) is 5.26 Å². The van der Waals surface area contributed by atoms with Gasteiger partial charge in [0.25, 0.3) is 0 Å². The molecule has 4 rings (SSSR count). The lowest BCUT2D eigenvalue weighted by atomic mass is 9.85. The summed E-state index contributed by atoms with van der Waals surface area (Å²) in [5.41, 5.74) is -2.82. The number of nitrogens with zero attached hydrogens (tertiary/aromatic N) is 2. The van der Waals surface area contributed by atoms with Crippen LogP contribution >= 0.6 is 0 Å². The Hall–Kier alpha value is -2.69. The van der Waals surface area contributed by atoms with E-state index in [1.165, 1.54) is 0 Å². The summed E-state index contributed by atoms with van der Waals surface area (Å²) in [4.78, 5) is 25.2. The zero-order valence-corrected chi connectivity index (χ0v) is 11.9. The second-order valence-electron chi connectivity index (χ2n) is 6.10. The fourth-order valence-corrected chi connectivity index (χ4v) is 4.04. The fraction of sp³-hybridized carbons (Fsp3) is 0.312. The largest absolute Gasteiger partial charge is 0.274 e. The number of hydrogen-bond donors (Lipinski definition) is 0. The van der Waals surface area contributed by atoms with E-state index in [4.69, 9.17) is 5.26 Å². The molecule has 2 fully saturated rings. The minimum Gasteiger partial charge on any atom is -0.274 e. The van der Waals surface area contributed by atoms with Gasteiger partial charge in [0.15, 0.2) is 23.3 Å². The highest BCUT2D eigenvalue weighted by molar-refractivity contribution is 6.23. The van der Waals surface area contributed by atoms with E-state index in [1.54, 1.807) is 12.2 Å². The standard InChI is InChI=1S/C16H8F4N2O2/c17-10-7(4-21)11(18)13(20)14(12(10)19)22-15(23)8-5-1-2-6(3-5)9(8)16(22)24/h1-2,5-6,8-9H,3H2. The molecule has 1 saturated carbocycles. The zero-order chi connectivity index (χ0) is 17.3. The number of carbonyl (C=O) groups excluding carboxylic acids is 2. The summed E-state index contributed by atoms with van der Waals surface area (Å²) in [6, 6.07) is 1.02. The van der Waals surface area contributed by atoms with Crippen LogP contribution in [0.4, 0.5) is 23.2 Å². The molecule has 0 aromatic heterocycles. The van der Waals surface area contributed by atoms with E-state index in [1.807, 2.05) is 0 Å². The Morgan fingerprint density at radius 3 is 1.79 bits per heavy atom. The second kappa shape index (κ2) is 4.66. The molecule has 0 radical (unpaired) electrons. The van der Waals surface area contributed by atoms with E-state index in [-0.39, 0.29) is 16.7 Å². The normalized spacial score (nSPS) is 30.2. The van der Waals surface area contributed by atoms with Crippen molar-refractivity contribution in [2.24, 2.45) is 23.7 Å². The van der Waals surface area contributed by atoms with Crippen molar-refractivity contribution >= 4 is 17.5 Å². The van der Waals surface area contributed by atoms with Crippen LogP contribution in [0.2, 0.25) is 0 Å². The average Bonchev–Trinajstić information content (AvgIpc) is 3.23. The molecule has 4 atom stereocenters. The first kappa shape index (κ1) is 14.9. The van der Waals surface area contributed by atoms with E-state index >= 15 is 0 Å². The number of hydrogen-bond acceptors (Lipinski definition) is 3. The maximum absolute atomic E-state index is 14.2. The topological polar surface area (TPSA) is 61.2 Å². The number of fused-ring (bicyclic) bond motifs is 5. The molecule has 1 aromatic carbocycles. The van der Waals surface area contributed by atoms with Crippen molar-refractivity contribution < 1.29 is 27.2 Å². The van der Waals surface area contributed by atoms with Gasteiger partial charge in [0, 0.05) is 0 Å². The molecule has 2 bridgehead atoms. The monoisotopic (exact) mass is 336 g/mol. The van der Waals surface area contributed by atoms with Crippen LogP contribution in [0.5, 0.6) is 0 Å². The number of rotatable bonds is 1. The first-order valence-corrected chi connectivity index (χ1v) is 7.20. The van der Waals surface area contributed by atoms with Gasteiger partial charge in [-0.1, -0.05) is 12.2 Å². The summed E-state index contributed by atoms with van der Waals surface area (Å²) in [7, 11) is 0. The fourth-order valence-electron chi connectivity index (χ4n) is 4.04. The molecular formula is C16H8F4N2O2. The van der Waals surface area contributed by atoms with Crippen molar-refractivity contribution in [3.05, 3.63) is 41.0 Å². The maximum atomic E-state index is 14.2. The lowest BCUT2D eigenvalue weighted by Crippen LogP contribution is -2.35. The van der Waals surface area contributed by atoms with E-state index in [0.717, 1.165) is 6.07 Å². The van der Waals surface area contributed by atoms with Crippen molar-refractivity contribution in [3.8, 4) is 6.07 Å². The summed E-state index contributed by atoms with van der Waals surface area (Å²) in [5.74, 6) is -11.4. The third-order valence-corrected chi connectivity index (χ3v) is 5.05. The summed E-state index contributed by atoms with van der Waals surface area (Å²) < 4.78 is 56.0. The molecule has 4 nitrogen and oxygen atoms in total. The second-order valence-corrected chi connectivity index (χ2v) is 6.10. The molecule has 24 heavy (non-hydrogen) atoms. The van der Waals surface area contributed by atoms with Gasteiger partial charge in [-0.25, -0.2) is 22.5 Å². The van der Waals surface area contributed by atoms with Crippen molar-refractivity contribution in [2.75, 3.05) is 4.90 Å². The molecule has 3 aliphatic rings. The van der Waals surface area contributed by atoms with E-state index in [0.29, 0.717) is 6.42 Å². The number of imide groups is 1. The first-order chi connectivity index (χ1) is 11.4. The van der Waals surface area contributed by atoms with Gasteiger partial charge >= 0.3 is 0 Å². The van der Waals surface area contributed by atoms with Crippen LogP contribution in [-0.2, 0) is 9.59 Å². The maximum Gasteiger partial charge on any atom is 0.238 e. The molecule has 2 aliphatic carbocycles. The highest BCUT2D eigenvalue weighted by atomic mass is 19.2. The molecule has 0 spiro atoms. The number of benzene rings is 1. The molecule has 1 heterocycles. The number of allylic oxidation sites excluding steroid dienone is 2. The van der Waals surface area contributed by atoms with E-state index in [9.17, 15) is 27.2 Å². The molecule has 4 unspecified atom stereocenters. The highest BCUT2D eigenvalue weighted by Crippen LogP contribution is 2.53. The number of carbonyl (C=O) groups is 2. The smallest absolute Gasteiger partial charge is 0.238 e. The predicted molar refractivity (Wildman–Crippen MR) is 71.2 cm³/mol. The Morgan fingerprint density at radius 1 is 0.917 bits per heavy atom. The van der Waals surface area contributed by atoms with Gasteiger partial charge in [0.1, 0.15) is 17.3 Å². The van der Waals surface area contributed by atoms with Gasteiger partial charge in [-0.05, 0) is 18.3 Å². The molecule has 8 heteroatoms. The molecule has 0 N–H and O–H groups in total. The molecule has 1 aliphatic heterocycles.